The molecular weight excluding hydrogens is 320 g/mol. The van der Waals surface area contributed by atoms with Gasteiger partial charge >= 0.3 is 5.97 Å². The predicted molar refractivity (Wildman–Crippen MR) is 82.6 cm³/mol. The minimum atomic E-state index is -0.270. The van der Waals surface area contributed by atoms with Crippen LogP contribution in [0.3, 0.4) is 0 Å². The molecule has 2 fully saturated rings. The molecule has 0 N–H and O–H groups in total. The zero-order valence-electron chi connectivity index (χ0n) is 11.8. The molecule has 2 aliphatic heterocycles. The number of rotatable bonds is 3. The van der Waals surface area contributed by atoms with Crippen LogP contribution in [0.25, 0.3) is 0 Å². The molecule has 0 radical (unpaired) electrons. The van der Waals surface area contributed by atoms with Crippen molar-refractivity contribution in [3.8, 4) is 0 Å². The number of likely N-dealkylation sites (tertiary alicyclic amines) is 1. The van der Waals surface area contributed by atoms with Crippen LogP contribution < -0.4 is 4.90 Å². The molecule has 4 nitrogen and oxygen atoms in total. The fourth-order valence-electron chi connectivity index (χ4n) is 3.36. The number of fused-ring (bicyclic) bond motifs is 2. The van der Waals surface area contributed by atoms with Crippen molar-refractivity contribution in [3.05, 3.63) is 29.3 Å². The number of ether oxygens (including phenoxy) is 1. The van der Waals surface area contributed by atoms with Crippen LogP contribution in [0.4, 0.5) is 5.69 Å². The van der Waals surface area contributed by atoms with E-state index in [1.54, 1.807) is 0 Å². The molecule has 0 saturated carbocycles. The van der Waals surface area contributed by atoms with Crippen molar-refractivity contribution in [3.63, 3.8) is 0 Å². The second-order valence-corrected chi connectivity index (χ2v) is 6.16. The van der Waals surface area contributed by atoms with Crippen LogP contribution in [-0.4, -0.2) is 50.2 Å². The highest BCUT2D eigenvalue weighted by Gasteiger charge is 2.41. The van der Waals surface area contributed by atoms with Gasteiger partial charge in [0.05, 0.1) is 12.7 Å². The van der Waals surface area contributed by atoms with Crippen molar-refractivity contribution in [2.24, 2.45) is 0 Å². The Morgan fingerprint density at radius 3 is 2.75 bits per heavy atom. The van der Waals surface area contributed by atoms with E-state index in [4.69, 9.17) is 4.74 Å². The van der Waals surface area contributed by atoms with E-state index in [0.29, 0.717) is 23.0 Å². The normalized spacial score (nSPS) is 25.2. The van der Waals surface area contributed by atoms with Crippen molar-refractivity contribution in [2.75, 3.05) is 32.1 Å². The number of methoxy groups -OCH3 is 1. The maximum Gasteiger partial charge on any atom is 0.338 e. The molecule has 0 aromatic heterocycles. The second-order valence-electron chi connectivity index (χ2n) is 5.60. The van der Waals surface area contributed by atoms with Gasteiger partial charge in [0.2, 0.25) is 0 Å². The molecular formula is C15H19BrN2O2. The number of alkyl halides is 1. The first kappa shape index (κ1) is 13.9. The topological polar surface area (TPSA) is 32.8 Å². The van der Waals surface area contributed by atoms with Gasteiger partial charge in [-0.3, -0.25) is 4.90 Å². The van der Waals surface area contributed by atoms with E-state index in [2.05, 4.69) is 38.8 Å². The van der Waals surface area contributed by atoms with E-state index < -0.39 is 0 Å². The lowest BCUT2D eigenvalue weighted by Gasteiger charge is -2.34. The Labute approximate surface area is 127 Å². The van der Waals surface area contributed by atoms with Gasteiger partial charge in [-0.25, -0.2) is 4.79 Å². The Hall–Kier alpha value is -1.07. The summed E-state index contributed by atoms with van der Waals surface area (Å²) in [5.74, 6) is -0.270. The standard InChI is InChI=1S/C15H19BrN2O2/c1-17-8-13-6-12(17)9-18(13)11-3-4-14(15(19)20-2)10(5-11)7-16/h3-5,12-13H,6-9H2,1-2H3. The molecule has 0 spiro atoms. The molecule has 2 aliphatic rings. The van der Waals surface area contributed by atoms with Gasteiger partial charge in [0, 0.05) is 36.2 Å². The Kier molecular flexibility index (Phi) is 3.73. The number of piperazine rings is 1. The van der Waals surface area contributed by atoms with E-state index in [1.807, 2.05) is 12.1 Å². The lowest BCUT2D eigenvalue weighted by atomic mass is 10.1. The lowest BCUT2D eigenvalue weighted by Crippen LogP contribution is -2.44. The molecule has 0 amide bonds. The highest BCUT2D eigenvalue weighted by molar-refractivity contribution is 9.08. The number of halogens is 1. The minimum absolute atomic E-state index is 0.270. The Morgan fingerprint density at radius 2 is 2.20 bits per heavy atom. The first-order valence-corrected chi connectivity index (χ1v) is 8.00. The molecule has 2 saturated heterocycles. The third-order valence-electron chi connectivity index (χ3n) is 4.48. The van der Waals surface area contributed by atoms with Gasteiger partial charge in [-0.05, 0) is 37.2 Å². The van der Waals surface area contributed by atoms with Gasteiger partial charge in [0.1, 0.15) is 0 Å². The highest BCUT2D eigenvalue weighted by Crippen LogP contribution is 2.34. The predicted octanol–water partition coefficient (Wildman–Crippen LogP) is 2.26. The van der Waals surface area contributed by atoms with Crippen molar-refractivity contribution < 1.29 is 9.53 Å². The van der Waals surface area contributed by atoms with Crippen molar-refractivity contribution >= 4 is 27.6 Å². The van der Waals surface area contributed by atoms with E-state index >= 15 is 0 Å². The number of benzene rings is 1. The third kappa shape index (κ3) is 2.23. The third-order valence-corrected chi connectivity index (χ3v) is 5.09. The van der Waals surface area contributed by atoms with Crippen LogP contribution >= 0.6 is 15.9 Å². The van der Waals surface area contributed by atoms with E-state index in [0.717, 1.165) is 18.7 Å². The molecule has 0 aliphatic carbocycles. The zero-order valence-corrected chi connectivity index (χ0v) is 13.4. The first-order valence-electron chi connectivity index (χ1n) is 6.88. The number of carbonyl (C=O) groups is 1. The average Bonchev–Trinajstić information content (AvgIpc) is 3.04. The number of anilines is 1. The number of nitrogens with zero attached hydrogens (tertiary/aromatic N) is 2. The Morgan fingerprint density at radius 1 is 1.40 bits per heavy atom. The highest BCUT2D eigenvalue weighted by atomic mass is 79.9. The van der Waals surface area contributed by atoms with Gasteiger partial charge in [0.15, 0.2) is 0 Å². The second kappa shape index (κ2) is 5.37. The number of hydrogen-bond acceptors (Lipinski definition) is 4. The Bertz CT molecular complexity index is 533. The fourth-order valence-corrected chi connectivity index (χ4v) is 3.82. The number of likely N-dealkylation sites (N-methyl/N-ethyl adjacent to an activating group) is 1. The summed E-state index contributed by atoms with van der Waals surface area (Å²) < 4.78 is 4.83. The van der Waals surface area contributed by atoms with Crippen molar-refractivity contribution in [2.45, 2.75) is 23.8 Å². The van der Waals surface area contributed by atoms with Gasteiger partial charge in [0.25, 0.3) is 0 Å². The summed E-state index contributed by atoms with van der Waals surface area (Å²) in [6.45, 7) is 2.22. The summed E-state index contributed by atoms with van der Waals surface area (Å²) in [4.78, 5) is 16.6. The van der Waals surface area contributed by atoms with Crippen LogP contribution in [0, 0.1) is 0 Å². The molecule has 2 bridgehead atoms. The molecule has 1 aromatic carbocycles. The number of carbonyl (C=O) groups excluding carboxylic acids is 1. The summed E-state index contributed by atoms with van der Waals surface area (Å²) in [5.41, 5.74) is 2.85. The molecule has 2 heterocycles. The summed E-state index contributed by atoms with van der Waals surface area (Å²) >= 11 is 3.46. The van der Waals surface area contributed by atoms with Gasteiger partial charge < -0.3 is 9.64 Å². The van der Waals surface area contributed by atoms with Crippen molar-refractivity contribution in [1.29, 1.82) is 0 Å². The quantitative estimate of drug-likeness (QED) is 0.625. The van der Waals surface area contributed by atoms with E-state index in [-0.39, 0.29) is 5.97 Å². The molecule has 108 valence electrons. The molecule has 3 rings (SSSR count). The SMILES string of the molecule is COC(=O)c1ccc(N2CC3CC2CN3C)cc1CBr. The first-order chi connectivity index (χ1) is 9.63. The van der Waals surface area contributed by atoms with Crippen LogP contribution in [-0.2, 0) is 10.1 Å². The van der Waals surface area contributed by atoms with Crippen molar-refractivity contribution in [1.82, 2.24) is 4.90 Å². The van der Waals surface area contributed by atoms with E-state index in [1.165, 1.54) is 19.2 Å². The number of hydrogen-bond donors (Lipinski definition) is 0. The molecule has 5 heteroatoms. The minimum Gasteiger partial charge on any atom is -0.465 e. The summed E-state index contributed by atoms with van der Waals surface area (Å²) in [5, 5.41) is 0.660. The molecule has 20 heavy (non-hydrogen) atoms. The van der Waals surface area contributed by atoms with E-state index in [9.17, 15) is 4.79 Å². The smallest absolute Gasteiger partial charge is 0.338 e. The molecule has 1 aromatic rings. The van der Waals surface area contributed by atoms with Crippen LogP contribution in [0.5, 0.6) is 0 Å². The number of esters is 1. The largest absolute Gasteiger partial charge is 0.465 e. The van der Waals surface area contributed by atoms with Gasteiger partial charge in [-0.15, -0.1) is 0 Å². The fraction of sp³-hybridized carbons (Fsp3) is 0.533. The monoisotopic (exact) mass is 338 g/mol. The average molecular weight is 339 g/mol. The summed E-state index contributed by atoms with van der Waals surface area (Å²) in [6, 6.07) is 7.32. The maximum atomic E-state index is 11.7. The Balaban J connectivity index is 1.87. The van der Waals surface area contributed by atoms with Gasteiger partial charge in [-0.1, -0.05) is 15.9 Å². The summed E-state index contributed by atoms with van der Waals surface area (Å²) in [7, 11) is 3.62. The van der Waals surface area contributed by atoms with Crippen LogP contribution in [0.1, 0.15) is 22.3 Å². The molecule has 2 unspecified atom stereocenters. The van der Waals surface area contributed by atoms with Crippen LogP contribution in [0.15, 0.2) is 18.2 Å². The van der Waals surface area contributed by atoms with Gasteiger partial charge in [-0.2, -0.15) is 0 Å². The van der Waals surface area contributed by atoms with Crippen LogP contribution in [0.2, 0.25) is 0 Å². The molecule has 2 atom stereocenters. The summed E-state index contributed by atoms with van der Waals surface area (Å²) in [6.07, 6.45) is 1.25. The lowest BCUT2D eigenvalue weighted by molar-refractivity contribution is 0.0600. The zero-order chi connectivity index (χ0) is 14.3. The maximum absolute atomic E-state index is 11.7.